The van der Waals surface area contributed by atoms with Gasteiger partial charge in [-0.2, -0.15) is 0 Å². The van der Waals surface area contributed by atoms with E-state index in [9.17, 15) is 9.59 Å². The van der Waals surface area contributed by atoms with E-state index < -0.39 is 0 Å². The van der Waals surface area contributed by atoms with Crippen LogP contribution in [0.1, 0.15) is 43.5 Å². The van der Waals surface area contributed by atoms with E-state index in [0.29, 0.717) is 22.0 Å². The first-order chi connectivity index (χ1) is 16.8. The van der Waals surface area contributed by atoms with Gasteiger partial charge in [0, 0.05) is 48.8 Å². The zero-order valence-electron chi connectivity index (χ0n) is 20.8. The number of carbonyl (C=O) groups is 2. The Bertz CT molecular complexity index is 1030. The van der Waals surface area contributed by atoms with Crippen molar-refractivity contribution in [2.75, 3.05) is 50.1 Å². The molecular weight excluding hydrogens is 464 g/mol. The summed E-state index contributed by atoms with van der Waals surface area (Å²) in [6.45, 7) is 7.90. The topological polar surface area (TPSA) is 65.1 Å². The number of nitrogens with zero attached hydrogens (tertiary/aromatic N) is 3. The van der Waals surface area contributed by atoms with Gasteiger partial charge < -0.3 is 24.8 Å². The van der Waals surface area contributed by atoms with Crippen LogP contribution in [0.4, 0.5) is 11.4 Å². The highest BCUT2D eigenvalue weighted by atomic mass is 35.5. The second-order valence-corrected chi connectivity index (χ2v) is 10.1. The van der Waals surface area contributed by atoms with Crippen molar-refractivity contribution < 1.29 is 14.3 Å². The first kappa shape index (κ1) is 25.3. The Labute approximate surface area is 213 Å². The summed E-state index contributed by atoms with van der Waals surface area (Å²) < 4.78 is 5.74. The van der Waals surface area contributed by atoms with Gasteiger partial charge in [0.2, 0.25) is 0 Å². The van der Waals surface area contributed by atoms with Crippen LogP contribution in [-0.4, -0.2) is 73.5 Å². The highest BCUT2D eigenvalue weighted by Crippen LogP contribution is 2.30. The molecule has 2 unspecified atom stereocenters. The molecule has 2 heterocycles. The molecule has 2 saturated heterocycles. The Morgan fingerprint density at radius 3 is 2.31 bits per heavy atom. The molecule has 4 rings (SSSR count). The third kappa shape index (κ3) is 6.27. The maximum Gasteiger partial charge on any atom is 0.260 e. The second-order valence-electron chi connectivity index (χ2n) is 9.65. The van der Waals surface area contributed by atoms with Crippen LogP contribution in [-0.2, 0) is 4.79 Å². The summed E-state index contributed by atoms with van der Waals surface area (Å²) in [7, 11) is 2.11. The number of likely N-dealkylation sites (N-methyl/N-ethyl adjacent to an activating group) is 1. The number of hydrogen-bond donors (Lipinski definition) is 1. The summed E-state index contributed by atoms with van der Waals surface area (Å²) in [5.41, 5.74) is 2.17. The molecule has 0 saturated carbocycles. The number of benzene rings is 2. The van der Waals surface area contributed by atoms with Crippen LogP contribution in [0.5, 0.6) is 5.75 Å². The Morgan fingerprint density at radius 2 is 1.66 bits per heavy atom. The molecule has 35 heavy (non-hydrogen) atoms. The molecule has 0 aromatic heterocycles. The molecule has 2 fully saturated rings. The van der Waals surface area contributed by atoms with Crippen molar-refractivity contribution in [2.45, 2.75) is 45.2 Å². The van der Waals surface area contributed by atoms with E-state index in [1.165, 1.54) is 0 Å². The van der Waals surface area contributed by atoms with Crippen LogP contribution in [0.25, 0.3) is 0 Å². The predicted molar refractivity (Wildman–Crippen MR) is 141 cm³/mol. The van der Waals surface area contributed by atoms with E-state index in [1.54, 1.807) is 30.3 Å². The number of piperazine rings is 1. The number of anilines is 2. The van der Waals surface area contributed by atoms with Crippen molar-refractivity contribution >= 4 is 34.8 Å². The van der Waals surface area contributed by atoms with Gasteiger partial charge in [-0.3, -0.25) is 9.59 Å². The van der Waals surface area contributed by atoms with E-state index in [-0.39, 0.29) is 30.5 Å². The quantitative estimate of drug-likeness (QED) is 0.634. The molecule has 0 spiro atoms. The molecule has 2 amide bonds. The first-order valence-corrected chi connectivity index (χ1v) is 12.8. The number of halogens is 1. The van der Waals surface area contributed by atoms with Crippen molar-refractivity contribution in [3.05, 3.63) is 53.1 Å². The van der Waals surface area contributed by atoms with Crippen molar-refractivity contribution in [3.8, 4) is 5.75 Å². The highest BCUT2D eigenvalue weighted by molar-refractivity contribution is 6.31. The Balaban J connectivity index is 1.37. The van der Waals surface area contributed by atoms with E-state index in [0.717, 1.165) is 51.1 Å². The average molecular weight is 499 g/mol. The van der Waals surface area contributed by atoms with E-state index in [1.807, 2.05) is 17.0 Å². The molecule has 0 aliphatic carbocycles. The minimum absolute atomic E-state index is 0.00286. The SMILES string of the molecule is CC1CCCC(C)N1C(=O)COc1ccc(C(=O)Nc2cc(Cl)ccc2N2CCN(C)CC2)cc1. The van der Waals surface area contributed by atoms with Crippen LogP contribution < -0.4 is 15.0 Å². The minimum atomic E-state index is -0.221. The van der Waals surface area contributed by atoms with Crippen molar-refractivity contribution in [1.82, 2.24) is 9.80 Å². The fourth-order valence-electron chi connectivity index (χ4n) is 4.96. The lowest BCUT2D eigenvalue weighted by Gasteiger charge is -2.38. The fraction of sp³-hybridized carbons (Fsp3) is 0.481. The van der Waals surface area contributed by atoms with E-state index in [2.05, 4.69) is 36.0 Å². The van der Waals surface area contributed by atoms with Crippen molar-refractivity contribution in [3.63, 3.8) is 0 Å². The molecule has 2 aliphatic heterocycles. The molecule has 0 bridgehead atoms. The average Bonchev–Trinajstić information content (AvgIpc) is 2.84. The summed E-state index contributed by atoms with van der Waals surface area (Å²) in [5, 5.41) is 3.59. The van der Waals surface area contributed by atoms with Crippen LogP contribution in [0.3, 0.4) is 0 Å². The van der Waals surface area contributed by atoms with Gasteiger partial charge in [-0.1, -0.05) is 11.6 Å². The monoisotopic (exact) mass is 498 g/mol. The summed E-state index contributed by atoms with van der Waals surface area (Å²) in [6, 6.07) is 13.0. The summed E-state index contributed by atoms with van der Waals surface area (Å²) >= 11 is 6.24. The Kier molecular flexibility index (Phi) is 8.19. The molecule has 188 valence electrons. The number of ether oxygens (including phenoxy) is 1. The number of hydrogen-bond acceptors (Lipinski definition) is 5. The lowest BCUT2D eigenvalue weighted by Crippen LogP contribution is -2.49. The maximum atomic E-state index is 13.0. The smallest absolute Gasteiger partial charge is 0.260 e. The Hall–Kier alpha value is -2.77. The van der Waals surface area contributed by atoms with Crippen molar-refractivity contribution in [1.29, 1.82) is 0 Å². The van der Waals surface area contributed by atoms with Gasteiger partial charge in [0.25, 0.3) is 11.8 Å². The molecule has 2 aromatic rings. The summed E-state index contributed by atoms with van der Waals surface area (Å²) in [4.78, 5) is 32.2. The lowest BCUT2D eigenvalue weighted by molar-refractivity contribution is -0.139. The molecule has 1 N–H and O–H groups in total. The van der Waals surface area contributed by atoms with Gasteiger partial charge in [-0.15, -0.1) is 0 Å². The zero-order valence-corrected chi connectivity index (χ0v) is 21.6. The standard InChI is InChI=1S/C27H35ClN4O3/c1-19-5-4-6-20(2)32(19)26(33)18-35-23-10-7-21(8-11-23)27(34)29-24-17-22(28)9-12-25(24)31-15-13-30(3)14-16-31/h7-12,17,19-20H,4-6,13-16,18H2,1-3H3,(H,29,34). The Morgan fingerprint density at radius 1 is 1.00 bits per heavy atom. The zero-order chi connectivity index (χ0) is 24.9. The first-order valence-electron chi connectivity index (χ1n) is 12.4. The molecule has 2 atom stereocenters. The van der Waals surface area contributed by atoms with Gasteiger partial charge in [0.1, 0.15) is 5.75 Å². The molecule has 8 heteroatoms. The molecule has 7 nitrogen and oxygen atoms in total. The van der Waals surface area contributed by atoms with E-state index in [4.69, 9.17) is 16.3 Å². The number of amides is 2. The number of carbonyl (C=O) groups excluding carboxylic acids is 2. The third-order valence-corrected chi connectivity index (χ3v) is 7.25. The van der Waals surface area contributed by atoms with Gasteiger partial charge >= 0.3 is 0 Å². The number of piperidine rings is 1. The van der Waals surface area contributed by atoms with Crippen LogP contribution in [0, 0.1) is 0 Å². The largest absolute Gasteiger partial charge is 0.484 e. The van der Waals surface area contributed by atoms with Gasteiger partial charge in [-0.05, 0) is 82.6 Å². The van der Waals surface area contributed by atoms with Crippen LogP contribution in [0.15, 0.2) is 42.5 Å². The number of nitrogens with one attached hydrogen (secondary N) is 1. The second kappa shape index (κ2) is 11.3. The lowest BCUT2D eigenvalue weighted by atomic mass is 9.97. The molecular formula is C27H35ClN4O3. The van der Waals surface area contributed by atoms with Gasteiger partial charge in [0.15, 0.2) is 6.61 Å². The minimum Gasteiger partial charge on any atom is -0.484 e. The fourth-order valence-corrected chi connectivity index (χ4v) is 5.13. The number of rotatable bonds is 6. The van der Waals surface area contributed by atoms with E-state index >= 15 is 0 Å². The third-order valence-electron chi connectivity index (χ3n) is 7.01. The normalized spacial score (nSPS) is 21.0. The predicted octanol–water partition coefficient (Wildman–Crippen LogP) is 4.51. The summed E-state index contributed by atoms with van der Waals surface area (Å²) in [5.74, 6) is 0.346. The highest BCUT2D eigenvalue weighted by Gasteiger charge is 2.29. The molecule has 0 radical (unpaired) electrons. The summed E-state index contributed by atoms with van der Waals surface area (Å²) in [6.07, 6.45) is 3.22. The van der Waals surface area contributed by atoms with Crippen molar-refractivity contribution in [2.24, 2.45) is 0 Å². The van der Waals surface area contributed by atoms with Gasteiger partial charge in [-0.25, -0.2) is 0 Å². The van der Waals surface area contributed by atoms with Gasteiger partial charge in [0.05, 0.1) is 11.4 Å². The van der Waals surface area contributed by atoms with Crippen LogP contribution in [0.2, 0.25) is 5.02 Å². The molecule has 2 aromatic carbocycles. The molecule has 2 aliphatic rings. The number of likely N-dealkylation sites (tertiary alicyclic amines) is 1. The van der Waals surface area contributed by atoms with Crippen LogP contribution >= 0.6 is 11.6 Å². The maximum absolute atomic E-state index is 13.0.